The fraction of sp³-hybridized carbons (Fsp3) is 0.286. The molecule has 112 valence electrons. The van der Waals surface area contributed by atoms with Gasteiger partial charge in [0.2, 0.25) is 10.0 Å². The number of rotatable bonds is 5. The summed E-state index contributed by atoms with van der Waals surface area (Å²) in [5, 5.41) is 9.32. The van der Waals surface area contributed by atoms with Crippen LogP contribution in [0.2, 0.25) is 0 Å². The number of nitrogens with zero attached hydrogens (tertiary/aromatic N) is 1. The third-order valence-corrected chi connectivity index (χ3v) is 5.27. The van der Waals surface area contributed by atoms with Crippen molar-refractivity contribution in [2.75, 3.05) is 10.6 Å². The van der Waals surface area contributed by atoms with Crippen molar-refractivity contribution in [1.29, 1.82) is 0 Å². The van der Waals surface area contributed by atoms with Crippen LogP contribution in [0.1, 0.15) is 18.4 Å². The molecule has 5 nitrogen and oxygen atoms in total. The van der Waals surface area contributed by atoms with Gasteiger partial charge in [0.05, 0.1) is 5.69 Å². The summed E-state index contributed by atoms with van der Waals surface area (Å²) in [6.45, 7) is 0.808. The van der Waals surface area contributed by atoms with Crippen LogP contribution in [-0.4, -0.2) is 14.5 Å². The maximum absolute atomic E-state index is 11.4. The summed E-state index contributed by atoms with van der Waals surface area (Å²) >= 11 is 1.67. The Bertz CT molecular complexity index is 738. The molecule has 2 aromatic rings. The molecular formula is C14H17N3O2S2. The molecule has 7 heteroatoms. The van der Waals surface area contributed by atoms with Crippen LogP contribution in [0.15, 0.2) is 39.9 Å². The van der Waals surface area contributed by atoms with Crippen molar-refractivity contribution >= 4 is 32.7 Å². The maximum atomic E-state index is 11.4. The van der Waals surface area contributed by atoms with Gasteiger partial charge < -0.3 is 10.6 Å². The molecule has 0 bridgehead atoms. The number of thiophene rings is 1. The normalized spacial score (nSPS) is 15.1. The maximum Gasteiger partial charge on any atom is 0.240 e. The van der Waals surface area contributed by atoms with Gasteiger partial charge in [-0.15, -0.1) is 0 Å². The minimum absolute atomic E-state index is 0.0162. The topological polar surface area (TPSA) is 89.4 Å². The second-order valence-corrected chi connectivity index (χ2v) is 7.57. The first kappa shape index (κ1) is 14.4. The number of benzene rings is 1. The van der Waals surface area contributed by atoms with Crippen LogP contribution in [0, 0.1) is 0 Å². The molecule has 1 aliphatic carbocycles. The van der Waals surface area contributed by atoms with Gasteiger partial charge in [-0.05, 0) is 53.4 Å². The van der Waals surface area contributed by atoms with Gasteiger partial charge >= 0.3 is 0 Å². The average Bonchev–Trinajstić information content (AvgIpc) is 3.11. The smallest absolute Gasteiger partial charge is 0.240 e. The minimum Gasteiger partial charge on any atom is -0.398 e. The van der Waals surface area contributed by atoms with Crippen molar-refractivity contribution in [2.45, 2.75) is 30.3 Å². The van der Waals surface area contributed by atoms with Gasteiger partial charge in [-0.25, -0.2) is 13.6 Å². The van der Waals surface area contributed by atoms with E-state index in [-0.39, 0.29) is 10.6 Å². The summed E-state index contributed by atoms with van der Waals surface area (Å²) < 4.78 is 22.8. The molecular weight excluding hydrogens is 306 g/mol. The highest BCUT2D eigenvalue weighted by Gasteiger charge is 2.30. The predicted octanol–water partition coefficient (Wildman–Crippen LogP) is 2.15. The van der Waals surface area contributed by atoms with Crippen LogP contribution in [0.4, 0.5) is 11.4 Å². The van der Waals surface area contributed by atoms with Crippen molar-refractivity contribution < 1.29 is 8.42 Å². The summed E-state index contributed by atoms with van der Waals surface area (Å²) in [6.07, 6.45) is 2.31. The van der Waals surface area contributed by atoms with Crippen LogP contribution in [0.3, 0.4) is 0 Å². The zero-order valence-electron chi connectivity index (χ0n) is 11.4. The fourth-order valence-electron chi connectivity index (χ4n) is 2.37. The van der Waals surface area contributed by atoms with E-state index < -0.39 is 10.0 Å². The van der Waals surface area contributed by atoms with Gasteiger partial charge in [0, 0.05) is 18.3 Å². The molecule has 0 unspecified atom stereocenters. The zero-order valence-corrected chi connectivity index (χ0v) is 13.0. The molecule has 0 aliphatic heterocycles. The number of nitrogen functional groups attached to an aromatic ring is 1. The molecule has 1 saturated carbocycles. The van der Waals surface area contributed by atoms with E-state index >= 15 is 0 Å². The van der Waals surface area contributed by atoms with Gasteiger partial charge in [0.15, 0.2) is 0 Å². The Kier molecular flexibility index (Phi) is 3.64. The zero-order chi connectivity index (χ0) is 15.0. The Hall–Kier alpha value is -1.57. The number of nitrogens with two attached hydrogens (primary N) is 2. The lowest BCUT2D eigenvalue weighted by atomic mass is 10.2. The second kappa shape index (κ2) is 5.32. The number of sulfonamides is 1. The molecule has 1 aromatic carbocycles. The van der Waals surface area contributed by atoms with E-state index in [0.29, 0.717) is 6.04 Å². The van der Waals surface area contributed by atoms with Gasteiger partial charge in [0.1, 0.15) is 4.90 Å². The van der Waals surface area contributed by atoms with E-state index in [1.54, 1.807) is 23.5 Å². The molecule has 3 rings (SSSR count). The van der Waals surface area contributed by atoms with Crippen LogP contribution in [-0.2, 0) is 16.6 Å². The highest BCUT2D eigenvalue weighted by Crippen LogP contribution is 2.35. The highest BCUT2D eigenvalue weighted by molar-refractivity contribution is 7.89. The number of primary sulfonamides is 1. The van der Waals surface area contributed by atoms with Crippen molar-refractivity contribution in [3.8, 4) is 0 Å². The van der Waals surface area contributed by atoms with Crippen molar-refractivity contribution in [2.24, 2.45) is 5.14 Å². The molecule has 4 N–H and O–H groups in total. The van der Waals surface area contributed by atoms with Crippen molar-refractivity contribution in [3.63, 3.8) is 0 Å². The van der Waals surface area contributed by atoms with Gasteiger partial charge in [-0.2, -0.15) is 11.3 Å². The second-order valence-electron chi connectivity index (χ2n) is 5.26. The van der Waals surface area contributed by atoms with E-state index in [1.807, 2.05) is 0 Å². The fourth-order valence-corrected chi connectivity index (χ4v) is 3.68. The first-order valence-electron chi connectivity index (χ1n) is 6.65. The van der Waals surface area contributed by atoms with Crippen LogP contribution >= 0.6 is 11.3 Å². The van der Waals surface area contributed by atoms with E-state index in [1.165, 1.54) is 11.6 Å². The largest absolute Gasteiger partial charge is 0.398 e. The number of hydrogen-bond donors (Lipinski definition) is 2. The molecule has 0 spiro atoms. The number of anilines is 2. The molecule has 1 aliphatic rings. The predicted molar refractivity (Wildman–Crippen MR) is 85.8 cm³/mol. The quantitative estimate of drug-likeness (QED) is 0.825. The Labute approximate surface area is 128 Å². The van der Waals surface area contributed by atoms with E-state index in [0.717, 1.165) is 25.1 Å². The minimum atomic E-state index is -3.77. The highest BCUT2D eigenvalue weighted by atomic mass is 32.2. The summed E-state index contributed by atoms with van der Waals surface area (Å²) in [7, 11) is -3.77. The molecule has 0 radical (unpaired) electrons. The van der Waals surface area contributed by atoms with E-state index in [2.05, 4.69) is 21.7 Å². The van der Waals surface area contributed by atoms with Gasteiger partial charge in [-0.1, -0.05) is 0 Å². The third kappa shape index (κ3) is 3.20. The Morgan fingerprint density at radius 3 is 2.57 bits per heavy atom. The van der Waals surface area contributed by atoms with Crippen LogP contribution < -0.4 is 15.8 Å². The van der Waals surface area contributed by atoms with Crippen LogP contribution in [0.5, 0.6) is 0 Å². The molecule has 1 fully saturated rings. The SMILES string of the molecule is Nc1cc(N(Cc2ccsc2)C2CC2)ccc1S(N)(=O)=O. The molecule has 0 amide bonds. The first-order valence-corrected chi connectivity index (χ1v) is 9.14. The lowest BCUT2D eigenvalue weighted by molar-refractivity contribution is 0.598. The van der Waals surface area contributed by atoms with Crippen LogP contribution in [0.25, 0.3) is 0 Å². The van der Waals surface area contributed by atoms with Crippen molar-refractivity contribution in [1.82, 2.24) is 0 Å². The summed E-state index contributed by atoms with van der Waals surface area (Å²) in [6, 6.07) is 7.57. The monoisotopic (exact) mass is 323 g/mol. The molecule has 1 heterocycles. The Morgan fingerprint density at radius 2 is 2.05 bits per heavy atom. The Balaban J connectivity index is 1.91. The van der Waals surface area contributed by atoms with Gasteiger partial charge in [-0.3, -0.25) is 0 Å². The number of hydrogen-bond acceptors (Lipinski definition) is 5. The molecule has 1 aromatic heterocycles. The van der Waals surface area contributed by atoms with E-state index in [4.69, 9.17) is 10.9 Å². The third-order valence-electron chi connectivity index (χ3n) is 3.55. The summed E-state index contributed by atoms with van der Waals surface area (Å²) in [5.41, 5.74) is 8.24. The first-order chi connectivity index (χ1) is 9.95. The summed E-state index contributed by atoms with van der Waals surface area (Å²) in [5.74, 6) is 0. The Morgan fingerprint density at radius 1 is 1.29 bits per heavy atom. The van der Waals surface area contributed by atoms with E-state index in [9.17, 15) is 8.42 Å². The molecule has 0 saturated heterocycles. The standard InChI is InChI=1S/C14H17N3O2S2/c15-13-7-12(3-4-14(13)21(16,18)19)17(11-1-2-11)8-10-5-6-20-9-10/h3-7,9,11H,1-2,8,15H2,(H2,16,18,19). The summed E-state index contributed by atoms with van der Waals surface area (Å²) in [4.78, 5) is 2.25. The lowest BCUT2D eigenvalue weighted by Crippen LogP contribution is -2.25. The van der Waals surface area contributed by atoms with Crippen molar-refractivity contribution in [3.05, 3.63) is 40.6 Å². The lowest BCUT2D eigenvalue weighted by Gasteiger charge is -2.25. The van der Waals surface area contributed by atoms with Gasteiger partial charge in [0.25, 0.3) is 0 Å². The average molecular weight is 323 g/mol. The molecule has 0 atom stereocenters. The molecule has 21 heavy (non-hydrogen) atoms.